The number of nitrogens with zero attached hydrogens (tertiary/aromatic N) is 3. The number of nitrogens with one attached hydrogen (secondary N) is 1. The summed E-state index contributed by atoms with van der Waals surface area (Å²) in [5.41, 5.74) is 1.77. The van der Waals surface area contributed by atoms with Gasteiger partial charge in [0.05, 0.1) is 5.75 Å². The van der Waals surface area contributed by atoms with Crippen LogP contribution in [0.25, 0.3) is 0 Å². The zero-order chi connectivity index (χ0) is 21.6. The number of rotatable bonds is 9. The van der Waals surface area contributed by atoms with Crippen molar-refractivity contribution in [3.63, 3.8) is 0 Å². The number of hydrogen-bond donors (Lipinski definition) is 1. The molecule has 1 N–H and O–H groups in total. The van der Waals surface area contributed by atoms with E-state index in [2.05, 4.69) is 22.1 Å². The number of hydrogen-bond acceptors (Lipinski definition) is 7. The smallest absolute Gasteiger partial charge is 0.234 e. The predicted molar refractivity (Wildman–Crippen MR) is 118 cm³/mol. The van der Waals surface area contributed by atoms with Crippen molar-refractivity contribution < 1.29 is 19.0 Å². The lowest BCUT2D eigenvalue weighted by molar-refractivity contribution is -0.113. The number of anilines is 1. The number of thioether (sulfide) groups is 1. The molecule has 1 amide bonds. The second-order valence-corrected chi connectivity index (χ2v) is 7.75. The monoisotopic (exact) mass is 438 g/mol. The lowest BCUT2D eigenvalue weighted by Gasteiger charge is -2.10. The Labute approximate surface area is 184 Å². The molecule has 0 spiro atoms. The largest absolute Gasteiger partial charge is 0.486 e. The molecule has 1 aliphatic heterocycles. The van der Waals surface area contributed by atoms with E-state index in [-0.39, 0.29) is 25.1 Å². The molecule has 0 saturated heterocycles. The van der Waals surface area contributed by atoms with Crippen LogP contribution in [0.4, 0.5) is 5.69 Å². The Morgan fingerprint density at radius 2 is 2.13 bits per heavy atom. The van der Waals surface area contributed by atoms with Gasteiger partial charge in [-0.15, -0.1) is 16.8 Å². The van der Waals surface area contributed by atoms with Crippen LogP contribution in [-0.2, 0) is 17.9 Å². The summed E-state index contributed by atoms with van der Waals surface area (Å²) in [4.78, 5) is 12.4. The van der Waals surface area contributed by atoms with Crippen LogP contribution in [-0.4, -0.2) is 33.2 Å². The van der Waals surface area contributed by atoms with Crippen LogP contribution in [0.1, 0.15) is 11.4 Å². The molecule has 0 aliphatic carbocycles. The van der Waals surface area contributed by atoms with Crippen LogP contribution >= 0.6 is 11.8 Å². The molecular formula is C22H22N4O4S. The lowest BCUT2D eigenvalue weighted by atomic mass is 10.2. The van der Waals surface area contributed by atoms with E-state index in [9.17, 15) is 4.79 Å². The van der Waals surface area contributed by atoms with Crippen LogP contribution < -0.4 is 19.5 Å². The molecule has 9 heteroatoms. The SMILES string of the molecule is C=CCn1c(COc2cccc(C)c2)nnc1SCC(=O)Nc1ccc2c(c1)OCO2. The standard InChI is InChI=1S/C22H22N4O4S/c1-3-9-26-20(12-28-17-6-4-5-15(2)10-17)24-25-22(26)31-13-21(27)23-16-7-8-18-19(11-16)30-14-29-18/h3-8,10-11H,1,9,12-14H2,2H3,(H,23,27). The van der Waals surface area contributed by atoms with Gasteiger partial charge in [-0.3, -0.25) is 9.36 Å². The van der Waals surface area contributed by atoms with Crippen molar-refractivity contribution in [3.8, 4) is 17.2 Å². The van der Waals surface area contributed by atoms with Crippen molar-refractivity contribution in [1.29, 1.82) is 0 Å². The maximum Gasteiger partial charge on any atom is 0.234 e. The van der Waals surface area contributed by atoms with Gasteiger partial charge in [-0.1, -0.05) is 30.0 Å². The number of amides is 1. The zero-order valence-electron chi connectivity index (χ0n) is 17.0. The summed E-state index contributed by atoms with van der Waals surface area (Å²) in [6.45, 7) is 6.79. The van der Waals surface area contributed by atoms with E-state index >= 15 is 0 Å². The van der Waals surface area contributed by atoms with Gasteiger partial charge in [-0.25, -0.2) is 0 Å². The van der Waals surface area contributed by atoms with E-state index in [0.29, 0.717) is 34.7 Å². The van der Waals surface area contributed by atoms with E-state index in [1.165, 1.54) is 11.8 Å². The van der Waals surface area contributed by atoms with Crippen LogP contribution in [0, 0.1) is 6.92 Å². The number of aromatic nitrogens is 3. The van der Waals surface area contributed by atoms with Gasteiger partial charge in [0.25, 0.3) is 0 Å². The number of carbonyl (C=O) groups is 1. The summed E-state index contributed by atoms with van der Waals surface area (Å²) in [7, 11) is 0. The topological polar surface area (TPSA) is 87.5 Å². The van der Waals surface area contributed by atoms with Crippen LogP contribution in [0.15, 0.2) is 60.3 Å². The van der Waals surface area contributed by atoms with Gasteiger partial charge in [0.1, 0.15) is 12.4 Å². The predicted octanol–water partition coefficient (Wildman–Crippen LogP) is 3.81. The third kappa shape index (κ3) is 5.18. The Hall–Kier alpha value is -3.46. The Morgan fingerprint density at radius 3 is 2.97 bits per heavy atom. The third-order valence-corrected chi connectivity index (χ3v) is 5.42. The fourth-order valence-corrected chi connectivity index (χ4v) is 3.77. The van der Waals surface area contributed by atoms with Gasteiger partial charge in [-0.05, 0) is 36.8 Å². The minimum absolute atomic E-state index is 0.158. The second-order valence-electron chi connectivity index (χ2n) is 6.81. The van der Waals surface area contributed by atoms with Gasteiger partial charge in [0.15, 0.2) is 22.5 Å². The molecule has 8 nitrogen and oxygen atoms in total. The molecule has 2 aromatic carbocycles. The van der Waals surface area contributed by atoms with Gasteiger partial charge in [0, 0.05) is 18.3 Å². The van der Waals surface area contributed by atoms with E-state index in [0.717, 1.165) is 11.3 Å². The fourth-order valence-electron chi connectivity index (χ4n) is 3.00. The lowest BCUT2D eigenvalue weighted by Crippen LogP contribution is -2.15. The van der Waals surface area contributed by atoms with Crippen LogP contribution in [0.5, 0.6) is 17.2 Å². The van der Waals surface area contributed by atoms with Gasteiger partial charge in [-0.2, -0.15) is 0 Å². The van der Waals surface area contributed by atoms with Crippen molar-refractivity contribution >= 4 is 23.4 Å². The van der Waals surface area contributed by atoms with Crippen molar-refractivity contribution in [2.45, 2.75) is 25.2 Å². The Kier molecular flexibility index (Phi) is 6.42. The summed E-state index contributed by atoms with van der Waals surface area (Å²) in [5, 5.41) is 11.9. The molecule has 31 heavy (non-hydrogen) atoms. The molecule has 0 bridgehead atoms. The molecule has 0 atom stereocenters. The summed E-state index contributed by atoms with van der Waals surface area (Å²) in [6, 6.07) is 13.1. The van der Waals surface area contributed by atoms with E-state index in [4.69, 9.17) is 14.2 Å². The third-order valence-electron chi connectivity index (χ3n) is 4.45. The molecule has 160 valence electrons. The van der Waals surface area contributed by atoms with Crippen molar-refractivity contribution in [2.24, 2.45) is 0 Å². The summed E-state index contributed by atoms with van der Waals surface area (Å²) in [5.74, 6) is 2.75. The van der Waals surface area contributed by atoms with Crippen molar-refractivity contribution in [1.82, 2.24) is 14.8 Å². The van der Waals surface area contributed by atoms with E-state index < -0.39 is 0 Å². The van der Waals surface area contributed by atoms with Crippen LogP contribution in [0.2, 0.25) is 0 Å². The number of benzene rings is 2. The molecule has 0 radical (unpaired) electrons. The number of carbonyl (C=O) groups excluding carboxylic acids is 1. The zero-order valence-corrected chi connectivity index (χ0v) is 17.9. The highest BCUT2D eigenvalue weighted by molar-refractivity contribution is 7.99. The summed E-state index contributed by atoms with van der Waals surface area (Å²) < 4.78 is 18.4. The molecule has 0 unspecified atom stereocenters. The minimum atomic E-state index is -0.158. The first-order chi connectivity index (χ1) is 15.1. The first kappa shape index (κ1) is 20.8. The highest BCUT2D eigenvalue weighted by Gasteiger charge is 2.16. The molecule has 1 aromatic heterocycles. The fraction of sp³-hybridized carbons (Fsp3) is 0.227. The van der Waals surface area contributed by atoms with E-state index in [1.54, 1.807) is 24.3 Å². The average molecular weight is 439 g/mol. The van der Waals surface area contributed by atoms with Crippen molar-refractivity contribution in [3.05, 3.63) is 66.5 Å². The average Bonchev–Trinajstić information content (AvgIpc) is 3.38. The van der Waals surface area contributed by atoms with Gasteiger partial charge < -0.3 is 19.5 Å². The first-order valence-corrected chi connectivity index (χ1v) is 10.7. The van der Waals surface area contributed by atoms with Crippen LogP contribution in [0.3, 0.4) is 0 Å². The summed E-state index contributed by atoms with van der Waals surface area (Å²) in [6.07, 6.45) is 1.76. The molecular weight excluding hydrogens is 416 g/mol. The molecule has 1 aliphatic rings. The Morgan fingerprint density at radius 1 is 1.26 bits per heavy atom. The highest BCUT2D eigenvalue weighted by Crippen LogP contribution is 2.34. The summed E-state index contributed by atoms with van der Waals surface area (Å²) >= 11 is 1.30. The van der Waals surface area contributed by atoms with Crippen molar-refractivity contribution in [2.75, 3.05) is 17.9 Å². The number of aryl methyl sites for hydroxylation is 1. The van der Waals surface area contributed by atoms with Gasteiger partial charge in [0.2, 0.25) is 12.7 Å². The number of allylic oxidation sites excluding steroid dienone is 1. The quantitative estimate of drug-likeness (QED) is 0.401. The van der Waals surface area contributed by atoms with E-state index in [1.807, 2.05) is 35.8 Å². The number of fused-ring (bicyclic) bond motifs is 1. The minimum Gasteiger partial charge on any atom is -0.486 e. The molecule has 0 saturated carbocycles. The maximum absolute atomic E-state index is 12.4. The molecule has 2 heterocycles. The normalized spacial score (nSPS) is 11.9. The molecule has 0 fully saturated rings. The first-order valence-electron chi connectivity index (χ1n) is 9.67. The second kappa shape index (κ2) is 9.57. The maximum atomic E-state index is 12.4. The molecule has 4 rings (SSSR count). The Balaban J connectivity index is 1.36. The van der Waals surface area contributed by atoms with Gasteiger partial charge >= 0.3 is 0 Å². The molecule has 3 aromatic rings. The highest BCUT2D eigenvalue weighted by atomic mass is 32.2. The Bertz CT molecular complexity index is 1100. The number of ether oxygens (including phenoxy) is 3.